The third kappa shape index (κ3) is 5.94. The highest BCUT2D eigenvalue weighted by Crippen LogP contribution is 2.25. The van der Waals surface area contributed by atoms with Crippen molar-refractivity contribution in [1.82, 2.24) is 15.1 Å². The largest absolute Gasteiger partial charge is 0.490 e. The van der Waals surface area contributed by atoms with E-state index in [1.165, 1.54) is 12.8 Å². The minimum absolute atomic E-state index is 0.00367. The number of piperidine rings is 1. The van der Waals surface area contributed by atoms with Gasteiger partial charge in [-0.3, -0.25) is 4.79 Å². The summed E-state index contributed by atoms with van der Waals surface area (Å²) in [6.07, 6.45) is 6.76. The molecule has 1 aromatic rings. The van der Waals surface area contributed by atoms with Crippen LogP contribution in [0.1, 0.15) is 57.9 Å². The van der Waals surface area contributed by atoms with Gasteiger partial charge in [0.25, 0.3) is 0 Å². The van der Waals surface area contributed by atoms with Crippen molar-refractivity contribution in [1.29, 1.82) is 0 Å². The molecule has 0 spiro atoms. The van der Waals surface area contributed by atoms with Crippen molar-refractivity contribution in [2.45, 2.75) is 77.2 Å². The van der Waals surface area contributed by atoms with Crippen LogP contribution in [0.2, 0.25) is 0 Å². The van der Waals surface area contributed by atoms with Crippen LogP contribution in [0.25, 0.3) is 0 Å². The molecule has 1 saturated carbocycles. The van der Waals surface area contributed by atoms with E-state index in [-0.39, 0.29) is 30.1 Å². The van der Waals surface area contributed by atoms with E-state index in [1.54, 1.807) is 0 Å². The smallest absolute Gasteiger partial charge is 0.317 e. The Morgan fingerprint density at radius 1 is 0.969 bits per heavy atom. The first kappa shape index (κ1) is 22.9. The lowest BCUT2D eigenvalue weighted by molar-refractivity contribution is -0.148. The fourth-order valence-corrected chi connectivity index (χ4v) is 5.12. The van der Waals surface area contributed by atoms with Crippen molar-refractivity contribution < 1.29 is 19.1 Å². The van der Waals surface area contributed by atoms with Crippen LogP contribution >= 0.6 is 0 Å². The van der Waals surface area contributed by atoms with Crippen molar-refractivity contribution >= 4 is 11.9 Å². The number of carbonyl (C=O) groups is 2. The van der Waals surface area contributed by atoms with Crippen LogP contribution in [0.4, 0.5) is 4.79 Å². The summed E-state index contributed by atoms with van der Waals surface area (Å²) < 4.78 is 11.7. The SMILES string of the molecule is CC1CN(C(=O)C2CCN(C(=O)NCc3ccc(OC4CCCC4)cc3)CC2)CC(C)O1. The van der Waals surface area contributed by atoms with Gasteiger partial charge in [-0.05, 0) is 70.1 Å². The Bertz CT molecular complexity index is 760. The van der Waals surface area contributed by atoms with E-state index in [0.29, 0.717) is 38.8 Å². The number of rotatable bonds is 5. The molecule has 1 aliphatic carbocycles. The molecule has 0 radical (unpaired) electrons. The van der Waals surface area contributed by atoms with Gasteiger partial charge in [0.2, 0.25) is 5.91 Å². The number of nitrogens with zero attached hydrogens (tertiary/aromatic N) is 2. The molecule has 4 rings (SSSR count). The number of likely N-dealkylation sites (tertiary alicyclic amines) is 1. The van der Waals surface area contributed by atoms with E-state index in [1.807, 2.05) is 47.9 Å². The average molecular weight is 444 g/mol. The molecule has 32 heavy (non-hydrogen) atoms. The zero-order valence-corrected chi connectivity index (χ0v) is 19.4. The Hall–Kier alpha value is -2.28. The Labute approximate surface area is 191 Å². The number of hydrogen-bond acceptors (Lipinski definition) is 4. The van der Waals surface area contributed by atoms with Crippen molar-refractivity contribution in [2.24, 2.45) is 5.92 Å². The monoisotopic (exact) mass is 443 g/mol. The van der Waals surface area contributed by atoms with Gasteiger partial charge in [0, 0.05) is 38.6 Å². The number of morpholine rings is 1. The molecule has 7 nitrogen and oxygen atoms in total. The van der Waals surface area contributed by atoms with E-state index in [0.717, 1.165) is 37.0 Å². The lowest BCUT2D eigenvalue weighted by Crippen LogP contribution is -2.52. The normalized spacial score (nSPS) is 25.1. The van der Waals surface area contributed by atoms with Gasteiger partial charge >= 0.3 is 6.03 Å². The maximum Gasteiger partial charge on any atom is 0.317 e. The molecule has 3 fully saturated rings. The number of ether oxygens (including phenoxy) is 2. The molecule has 7 heteroatoms. The van der Waals surface area contributed by atoms with Crippen molar-refractivity contribution in [3.05, 3.63) is 29.8 Å². The first-order valence-corrected chi connectivity index (χ1v) is 12.2. The van der Waals surface area contributed by atoms with E-state index in [2.05, 4.69) is 5.32 Å². The molecule has 3 aliphatic rings. The van der Waals surface area contributed by atoms with E-state index >= 15 is 0 Å². The lowest BCUT2D eigenvalue weighted by atomic mass is 9.95. The van der Waals surface area contributed by atoms with Crippen molar-refractivity contribution in [3.8, 4) is 5.75 Å². The van der Waals surface area contributed by atoms with Crippen LogP contribution < -0.4 is 10.1 Å². The van der Waals surface area contributed by atoms with Gasteiger partial charge in [0.1, 0.15) is 5.75 Å². The van der Waals surface area contributed by atoms with E-state index in [4.69, 9.17) is 9.47 Å². The van der Waals surface area contributed by atoms with E-state index < -0.39 is 0 Å². The minimum atomic E-state index is -0.0594. The molecule has 2 heterocycles. The topological polar surface area (TPSA) is 71.1 Å². The van der Waals surface area contributed by atoms with Crippen LogP contribution in [0, 0.1) is 5.92 Å². The lowest BCUT2D eigenvalue weighted by Gasteiger charge is -2.39. The third-order valence-electron chi connectivity index (χ3n) is 6.83. The second-order valence-electron chi connectivity index (χ2n) is 9.59. The summed E-state index contributed by atoms with van der Waals surface area (Å²) in [5.74, 6) is 1.12. The fourth-order valence-electron chi connectivity index (χ4n) is 5.12. The van der Waals surface area contributed by atoms with E-state index in [9.17, 15) is 9.59 Å². The van der Waals surface area contributed by atoms with Gasteiger partial charge in [-0.15, -0.1) is 0 Å². The minimum Gasteiger partial charge on any atom is -0.490 e. The summed E-state index contributed by atoms with van der Waals surface area (Å²) in [4.78, 5) is 29.3. The molecule has 176 valence electrons. The van der Waals surface area contributed by atoms with Crippen LogP contribution in [0.3, 0.4) is 0 Å². The average Bonchev–Trinajstić information content (AvgIpc) is 3.30. The molecule has 3 amide bonds. The second-order valence-corrected chi connectivity index (χ2v) is 9.59. The Kier molecular flexibility index (Phi) is 7.55. The standard InChI is InChI=1S/C25H37N3O4/c1-18-16-28(17-19(2)31-18)24(29)21-11-13-27(14-12-21)25(30)26-15-20-7-9-23(10-8-20)32-22-5-3-4-6-22/h7-10,18-19,21-22H,3-6,11-17H2,1-2H3,(H,26,30). The van der Waals surface area contributed by atoms with Crippen molar-refractivity contribution in [2.75, 3.05) is 26.2 Å². The summed E-state index contributed by atoms with van der Waals surface area (Å²) in [5, 5.41) is 3.01. The molecule has 2 unspecified atom stereocenters. The maximum atomic E-state index is 12.9. The van der Waals surface area contributed by atoms with Crippen LogP contribution in [-0.2, 0) is 16.1 Å². The number of hydrogen-bond donors (Lipinski definition) is 1. The van der Waals surface area contributed by atoms with Gasteiger partial charge in [-0.2, -0.15) is 0 Å². The Morgan fingerprint density at radius 2 is 1.59 bits per heavy atom. The highest BCUT2D eigenvalue weighted by molar-refractivity contribution is 5.80. The van der Waals surface area contributed by atoms with Crippen molar-refractivity contribution in [3.63, 3.8) is 0 Å². The Balaban J connectivity index is 1.19. The quantitative estimate of drug-likeness (QED) is 0.755. The van der Waals surface area contributed by atoms with Gasteiger partial charge in [0.15, 0.2) is 0 Å². The molecule has 0 aromatic heterocycles. The molecule has 2 aliphatic heterocycles. The molecule has 1 aromatic carbocycles. The van der Waals surface area contributed by atoms with Crippen LogP contribution in [0.5, 0.6) is 5.75 Å². The fraction of sp³-hybridized carbons (Fsp3) is 0.680. The number of amides is 3. The maximum absolute atomic E-state index is 12.9. The summed E-state index contributed by atoms with van der Waals surface area (Å²) in [6.45, 7) is 7.07. The summed E-state index contributed by atoms with van der Waals surface area (Å²) in [5.41, 5.74) is 1.05. The van der Waals surface area contributed by atoms with Gasteiger partial charge in [-0.25, -0.2) is 4.79 Å². The molecule has 0 bridgehead atoms. The first-order chi connectivity index (χ1) is 15.5. The summed E-state index contributed by atoms with van der Waals surface area (Å²) >= 11 is 0. The molecular weight excluding hydrogens is 406 g/mol. The molecule has 1 N–H and O–H groups in total. The number of nitrogens with one attached hydrogen (secondary N) is 1. The van der Waals surface area contributed by atoms with Gasteiger partial charge in [-0.1, -0.05) is 12.1 Å². The third-order valence-corrected chi connectivity index (χ3v) is 6.83. The predicted molar refractivity (Wildman–Crippen MR) is 122 cm³/mol. The summed E-state index contributed by atoms with van der Waals surface area (Å²) in [7, 11) is 0. The highest BCUT2D eigenvalue weighted by atomic mass is 16.5. The first-order valence-electron chi connectivity index (χ1n) is 12.2. The predicted octanol–water partition coefficient (Wildman–Crippen LogP) is 3.57. The molecule has 2 saturated heterocycles. The molecule has 2 atom stereocenters. The number of benzene rings is 1. The van der Waals surface area contributed by atoms with Gasteiger partial charge in [0.05, 0.1) is 18.3 Å². The zero-order valence-electron chi connectivity index (χ0n) is 19.4. The zero-order chi connectivity index (χ0) is 22.5. The van der Waals surface area contributed by atoms with Crippen LogP contribution in [-0.4, -0.2) is 66.2 Å². The highest BCUT2D eigenvalue weighted by Gasteiger charge is 2.33. The summed E-state index contributed by atoms with van der Waals surface area (Å²) in [6, 6.07) is 7.95. The number of urea groups is 1. The Morgan fingerprint density at radius 3 is 2.22 bits per heavy atom. The van der Waals surface area contributed by atoms with Crippen LogP contribution in [0.15, 0.2) is 24.3 Å². The number of carbonyl (C=O) groups excluding carboxylic acids is 2. The molecular formula is C25H37N3O4. The second kappa shape index (κ2) is 10.6. The van der Waals surface area contributed by atoms with Gasteiger partial charge < -0.3 is 24.6 Å².